The Bertz CT molecular complexity index is 845. The van der Waals surface area contributed by atoms with Crippen LogP contribution in [0.15, 0.2) is 21.5 Å². The maximum absolute atomic E-state index is 13.0. The van der Waals surface area contributed by atoms with Crippen molar-refractivity contribution in [3.05, 3.63) is 27.7 Å². The Kier molecular flexibility index (Phi) is 4.37. The van der Waals surface area contributed by atoms with Crippen LogP contribution in [0.3, 0.4) is 0 Å². The highest BCUT2D eigenvalue weighted by molar-refractivity contribution is 9.10. The second-order valence-corrected chi connectivity index (χ2v) is 10.8. The van der Waals surface area contributed by atoms with E-state index >= 15 is 0 Å². The van der Waals surface area contributed by atoms with E-state index in [0.29, 0.717) is 16.0 Å². The highest BCUT2D eigenvalue weighted by Gasteiger charge is 2.59. The Hall–Kier alpha value is -0.920. The number of rotatable bonds is 3. The second-order valence-electron chi connectivity index (χ2n) is 8.42. The number of hydrogen-bond donors (Lipinski definition) is 2. The average Bonchev–Trinajstić information content (AvgIpc) is 2.95. The molecule has 3 atom stereocenters. The van der Waals surface area contributed by atoms with E-state index in [1.54, 1.807) is 13.0 Å². The molecule has 3 rings (SSSR count). The number of sulfonamides is 1. The molecule has 2 fully saturated rings. The highest BCUT2D eigenvalue weighted by Crippen LogP contribution is 2.62. The first-order valence-electron chi connectivity index (χ1n) is 8.51. The van der Waals surface area contributed by atoms with Crippen molar-refractivity contribution in [3.8, 4) is 0 Å². The van der Waals surface area contributed by atoms with Crippen LogP contribution in [0, 0.1) is 23.7 Å². The first-order valence-corrected chi connectivity index (χ1v) is 10.8. The van der Waals surface area contributed by atoms with Crippen molar-refractivity contribution in [2.75, 3.05) is 0 Å². The van der Waals surface area contributed by atoms with Gasteiger partial charge in [-0.25, -0.2) is 13.6 Å². The zero-order chi connectivity index (χ0) is 18.8. The maximum atomic E-state index is 13.0. The lowest BCUT2D eigenvalue weighted by Crippen LogP contribution is -2.52. The summed E-state index contributed by atoms with van der Waals surface area (Å²) in [4.78, 5) is 12.9. The Balaban J connectivity index is 2.00. The van der Waals surface area contributed by atoms with Gasteiger partial charge in [0.25, 0.3) is 5.91 Å². The van der Waals surface area contributed by atoms with Crippen LogP contribution in [0.5, 0.6) is 0 Å². The number of amides is 1. The standard InChI is InChI=1S/C18H25BrN2O3S/c1-10-13(19)6-5-12(14(10)25(20,23)24)15(22)21-16-17(2,3)11-7-8-18(16,4)9-11/h5-6,11,16H,7-9H2,1-4H3,(H,21,22)(H2,20,23,24)/t11-,16?,18+/m1/s1. The van der Waals surface area contributed by atoms with Crippen LogP contribution in [0.1, 0.15) is 56.0 Å². The van der Waals surface area contributed by atoms with Crippen molar-refractivity contribution in [2.24, 2.45) is 21.9 Å². The minimum absolute atomic E-state index is 0.00514. The number of carbonyl (C=O) groups excluding carboxylic acids is 1. The number of hydrogen-bond acceptors (Lipinski definition) is 3. The molecule has 5 nitrogen and oxygen atoms in total. The van der Waals surface area contributed by atoms with E-state index < -0.39 is 10.0 Å². The zero-order valence-corrected chi connectivity index (χ0v) is 17.4. The molecule has 7 heteroatoms. The minimum Gasteiger partial charge on any atom is -0.348 e. The quantitative estimate of drug-likeness (QED) is 0.772. The molecular weight excluding hydrogens is 404 g/mol. The number of primary sulfonamides is 1. The lowest BCUT2D eigenvalue weighted by Gasteiger charge is -2.43. The third kappa shape index (κ3) is 2.94. The molecule has 3 N–H and O–H groups in total. The third-order valence-electron chi connectivity index (χ3n) is 6.41. The molecule has 1 amide bonds. The lowest BCUT2D eigenvalue weighted by atomic mass is 9.68. The normalized spacial score (nSPS) is 30.5. The Labute approximate surface area is 157 Å². The largest absolute Gasteiger partial charge is 0.348 e. The zero-order valence-electron chi connectivity index (χ0n) is 15.0. The molecule has 2 aliphatic carbocycles. The summed E-state index contributed by atoms with van der Waals surface area (Å²) in [7, 11) is -4.01. The molecule has 0 radical (unpaired) electrons. The van der Waals surface area contributed by atoms with Crippen molar-refractivity contribution >= 4 is 31.9 Å². The van der Waals surface area contributed by atoms with Gasteiger partial charge in [0.05, 0.1) is 10.5 Å². The van der Waals surface area contributed by atoms with Crippen LogP contribution in [0.4, 0.5) is 0 Å². The van der Waals surface area contributed by atoms with Gasteiger partial charge in [0.2, 0.25) is 10.0 Å². The predicted molar refractivity (Wildman–Crippen MR) is 101 cm³/mol. The molecule has 1 aromatic rings. The van der Waals surface area contributed by atoms with Crippen molar-refractivity contribution in [1.82, 2.24) is 5.32 Å². The van der Waals surface area contributed by atoms with E-state index in [1.807, 2.05) is 0 Å². The van der Waals surface area contributed by atoms with Gasteiger partial charge in [0.15, 0.2) is 0 Å². The molecule has 0 aliphatic heterocycles. The van der Waals surface area contributed by atoms with Crippen LogP contribution in [0.25, 0.3) is 0 Å². The summed E-state index contributed by atoms with van der Waals surface area (Å²) in [6.45, 7) is 8.25. The van der Waals surface area contributed by atoms with E-state index in [1.165, 1.54) is 12.5 Å². The van der Waals surface area contributed by atoms with E-state index in [0.717, 1.165) is 12.8 Å². The SMILES string of the molecule is Cc1c(Br)ccc(C(=O)NC2C(C)(C)[C@@H]3CC[C@@]2(C)C3)c1S(N)(=O)=O. The van der Waals surface area contributed by atoms with Gasteiger partial charge in [0.1, 0.15) is 0 Å². The molecule has 25 heavy (non-hydrogen) atoms. The van der Waals surface area contributed by atoms with Crippen LogP contribution >= 0.6 is 15.9 Å². The fraction of sp³-hybridized carbons (Fsp3) is 0.611. The Morgan fingerprint density at radius 2 is 1.96 bits per heavy atom. The maximum Gasteiger partial charge on any atom is 0.252 e. The van der Waals surface area contributed by atoms with Crippen LogP contribution < -0.4 is 10.5 Å². The summed E-state index contributed by atoms with van der Waals surface area (Å²) < 4.78 is 24.7. The van der Waals surface area contributed by atoms with Gasteiger partial charge in [-0.2, -0.15) is 0 Å². The molecule has 1 aromatic carbocycles. The number of halogens is 1. The summed E-state index contributed by atoms with van der Waals surface area (Å²) in [6, 6.07) is 3.23. The molecule has 0 heterocycles. The van der Waals surface area contributed by atoms with Gasteiger partial charge in [-0.05, 0) is 60.6 Å². The molecular formula is C18H25BrN2O3S. The van der Waals surface area contributed by atoms with Crippen molar-refractivity contribution in [3.63, 3.8) is 0 Å². The van der Waals surface area contributed by atoms with Gasteiger partial charge < -0.3 is 5.32 Å². The van der Waals surface area contributed by atoms with E-state index in [4.69, 9.17) is 5.14 Å². The fourth-order valence-corrected chi connectivity index (χ4v) is 6.55. The minimum atomic E-state index is -4.01. The summed E-state index contributed by atoms with van der Waals surface area (Å²) in [6.07, 6.45) is 3.38. The monoisotopic (exact) mass is 428 g/mol. The van der Waals surface area contributed by atoms with Gasteiger partial charge in [-0.15, -0.1) is 0 Å². The predicted octanol–water partition coefficient (Wildman–Crippen LogP) is 3.35. The molecule has 2 aliphatic rings. The van der Waals surface area contributed by atoms with Crippen molar-refractivity contribution in [1.29, 1.82) is 0 Å². The molecule has 0 aromatic heterocycles. The molecule has 138 valence electrons. The average molecular weight is 429 g/mol. The van der Waals surface area contributed by atoms with Gasteiger partial charge in [0, 0.05) is 10.5 Å². The molecule has 1 unspecified atom stereocenters. The molecule has 2 saturated carbocycles. The van der Waals surface area contributed by atoms with Crippen LogP contribution in [0.2, 0.25) is 0 Å². The van der Waals surface area contributed by atoms with Crippen LogP contribution in [-0.4, -0.2) is 20.4 Å². The number of fused-ring (bicyclic) bond motifs is 2. The summed E-state index contributed by atoms with van der Waals surface area (Å²) in [5, 5.41) is 8.53. The lowest BCUT2D eigenvalue weighted by molar-refractivity contribution is 0.0734. The van der Waals surface area contributed by atoms with E-state index in [9.17, 15) is 13.2 Å². The second kappa shape index (κ2) is 5.79. The molecule has 0 spiro atoms. The first-order chi connectivity index (χ1) is 11.4. The number of carbonyl (C=O) groups is 1. The van der Waals surface area contributed by atoms with E-state index in [-0.39, 0.29) is 33.2 Å². The van der Waals surface area contributed by atoms with Crippen molar-refractivity contribution in [2.45, 2.75) is 57.9 Å². The fourth-order valence-electron chi connectivity index (χ4n) is 5.08. The summed E-state index contributed by atoms with van der Waals surface area (Å²) in [5.41, 5.74) is 0.629. The topological polar surface area (TPSA) is 89.3 Å². The first kappa shape index (κ1) is 18.9. The van der Waals surface area contributed by atoms with Gasteiger partial charge in [-0.3, -0.25) is 4.79 Å². The molecule has 2 bridgehead atoms. The Morgan fingerprint density at radius 3 is 2.48 bits per heavy atom. The van der Waals surface area contributed by atoms with Crippen LogP contribution in [-0.2, 0) is 10.0 Å². The van der Waals surface area contributed by atoms with Crippen molar-refractivity contribution < 1.29 is 13.2 Å². The molecule has 0 saturated heterocycles. The number of nitrogens with one attached hydrogen (secondary N) is 1. The summed E-state index contributed by atoms with van der Waals surface area (Å²) in [5.74, 6) is 0.221. The third-order valence-corrected chi connectivity index (χ3v) is 8.37. The summed E-state index contributed by atoms with van der Waals surface area (Å²) >= 11 is 3.31. The number of nitrogens with two attached hydrogens (primary N) is 1. The highest BCUT2D eigenvalue weighted by atomic mass is 79.9. The van der Waals surface area contributed by atoms with E-state index in [2.05, 4.69) is 42.0 Å². The van der Waals surface area contributed by atoms with Gasteiger partial charge in [-0.1, -0.05) is 36.7 Å². The van der Waals surface area contributed by atoms with Gasteiger partial charge >= 0.3 is 0 Å². The smallest absolute Gasteiger partial charge is 0.252 e. The Morgan fingerprint density at radius 1 is 1.32 bits per heavy atom. The number of benzene rings is 1.